The topological polar surface area (TPSA) is 131 Å². The van der Waals surface area contributed by atoms with Gasteiger partial charge in [-0.3, -0.25) is 14.4 Å². The molecule has 1 saturated heterocycles. The highest BCUT2D eigenvalue weighted by molar-refractivity contribution is 5.73. The number of esters is 1. The first-order valence-electron chi connectivity index (χ1n) is 7.99. The fourth-order valence-corrected chi connectivity index (χ4v) is 1.72. The Balaban J connectivity index is 0. The second-order valence-electron chi connectivity index (χ2n) is 5.29. The summed E-state index contributed by atoms with van der Waals surface area (Å²) in [5, 5.41) is 19.6. The summed E-state index contributed by atoms with van der Waals surface area (Å²) in [6, 6.07) is -0.304. The number of carboxylic acids is 1. The monoisotopic (exact) mass is 375 g/mol. The first-order chi connectivity index (χ1) is 12.1. The molecule has 1 heterocycles. The quantitative estimate of drug-likeness (QED) is 0.355. The summed E-state index contributed by atoms with van der Waals surface area (Å²) < 4.78 is 15.0. The van der Waals surface area contributed by atoms with E-state index in [1.165, 1.54) is 21.0 Å². The zero-order valence-electron chi connectivity index (χ0n) is 15.7. The highest BCUT2D eigenvalue weighted by Crippen LogP contribution is 2.16. The molecule has 0 radical (unpaired) electrons. The summed E-state index contributed by atoms with van der Waals surface area (Å²) in [5.74, 6) is 1.28. The van der Waals surface area contributed by atoms with Crippen molar-refractivity contribution in [3.05, 3.63) is 0 Å². The largest absolute Gasteiger partial charge is 0.481 e. The van der Waals surface area contributed by atoms with Gasteiger partial charge in [0.25, 0.3) is 5.97 Å². The van der Waals surface area contributed by atoms with Crippen LogP contribution < -0.4 is 5.32 Å². The van der Waals surface area contributed by atoms with Gasteiger partial charge in [0.1, 0.15) is 0 Å². The predicted molar refractivity (Wildman–Crippen MR) is 93.0 cm³/mol. The number of aliphatic hydroxyl groups is 1. The highest BCUT2D eigenvalue weighted by atomic mass is 16.7. The van der Waals surface area contributed by atoms with Crippen molar-refractivity contribution in [3.63, 3.8) is 0 Å². The SMILES string of the molecule is C#CCCCO[C@@H]1OC[C@H](O)CC1NC(C)=O.CC(=O)O.COC(C)=O. The number of hydrogen-bond donors (Lipinski definition) is 3. The van der Waals surface area contributed by atoms with Crippen molar-refractivity contribution >= 4 is 17.8 Å². The Morgan fingerprint density at radius 2 is 1.85 bits per heavy atom. The minimum Gasteiger partial charge on any atom is -0.481 e. The van der Waals surface area contributed by atoms with E-state index in [0.29, 0.717) is 19.4 Å². The molecular weight excluding hydrogens is 346 g/mol. The van der Waals surface area contributed by atoms with E-state index in [0.717, 1.165) is 13.3 Å². The Labute approximate surface area is 154 Å². The van der Waals surface area contributed by atoms with Crippen molar-refractivity contribution in [1.82, 2.24) is 5.32 Å². The van der Waals surface area contributed by atoms with E-state index in [9.17, 15) is 14.7 Å². The van der Waals surface area contributed by atoms with E-state index < -0.39 is 18.4 Å². The standard InChI is InChI=1S/C12H19NO4.C3H6O2.C2H4O2/c1-3-4-5-6-16-12-11(13-9(2)14)7-10(15)8-17-12;1-3(4)5-2;1-2(3)4/h1,10-12,15H,4-8H2,2H3,(H,13,14);1-2H3;1H3,(H,3,4)/t10-,11?,12-;;/m1../s1. The molecule has 0 bridgehead atoms. The number of aliphatic hydroxyl groups excluding tert-OH is 1. The molecule has 1 fully saturated rings. The Bertz CT molecular complexity index is 456. The van der Waals surface area contributed by atoms with Gasteiger partial charge in [0.2, 0.25) is 5.91 Å². The van der Waals surface area contributed by atoms with Crippen molar-refractivity contribution < 1.29 is 38.8 Å². The molecule has 0 aromatic carbocycles. The van der Waals surface area contributed by atoms with Crippen LogP contribution in [0.3, 0.4) is 0 Å². The number of carbonyl (C=O) groups is 3. The van der Waals surface area contributed by atoms with Crippen molar-refractivity contribution in [2.45, 2.75) is 58.5 Å². The molecule has 1 amide bonds. The molecule has 3 N–H and O–H groups in total. The molecule has 1 unspecified atom stereocenters. The van der Waals surface area contributed by atoms with Gasteiger partial charge in [0, 0.05) is 33.6 Å². The van der Waals surface area contributed by atoms with Crippen LogP contribution in [0.2, 0.25) is 0 Å². The van der Waals surface area contributed by atoms with Gasteiger partial charge in [0.15, 0.2) is 6.29 Å². The van der Waals surface area contributed by atoms with Crippen molar-refractivity contribution in [2.75, 3.05) is 20.3 Å². The smallest absolute Gasteiger partial charge is 0.302 e. The van der Waals surface area contributed by atoms with Crippen LogP contribution in [-0.4, -0.2) is 66.8 Å². The number of terminal acetylenes is 1. The molecule has 9 heteroatoms. The molecule has 0 aliphatic carbocycles. The molecule has 0 aromatic rings. The van der Waals surface area contributed by atoms with E-state index in [1.54, 1.807) is 0 Å². The first-order valence-corrected chi connectivity index (χ1v) is 7.99. The average Bonchev–Trinajstić information content (AvgIpc) is 2.52. The summed E-state index contributed by atoms with van der Waals surface area (Å²) in [4.78, 5) is 29.6. The Morgan fingerprint density at radius 3 is 2.27 bits per heavy atom. The fraction of sp³-hybridized carbons (Fsp3) is 0.706. The molecule has 3 atom stereocenters. The first kappa shape index (κ1) is 26.1. The lowest BCUT2D eigenvalue weighted by molar-refractivity contribution is -0.202. The molecule has 1 rings (SSSR count). The zero-order valence-corrected chi connectivity index (χ0v) is 15.7. The Hall–Kier alpha value is -2.15. The van der Waals surface area contributed by atoms with Crippen LogP contribution in [0, 0.1) is 12.3 Å². The second kappa shape index (κ2) is 16.3. The number of aliphatic carboxylic acids is 1. The molecule has 0 saturated carbocycles. The summed E-state index contributed by atoms with van der Waals surface area (Å²) in [6.07, 6.45) is 5.93. The summed E-state index contributed by atoms with van der Waals surface area (Å²) in [6.45, 7) is 4.59. The van der Waals surface area contributed by atoms with Crippen molar-refractivity contribution in [3.8, 4) is 12.3 Å². The summed E-state index contributed by atoms with van der Waals surface area (Å²) in [7, 11) is 1.35. The third-order valence-electron chi connectivity index (χ3n) is 2.73. The minimum atomic E-state index is -0.833. The Kier molecular flexibility index (Phi) is 16.4. The molecule has 1 aliphatic rings. The number of nitrogens with one attached hydrogen (secondary N) is 1. The molecule has 0 aromatic heterocycles. The maximum absolute atomic E-state index is 11.0. The van der Waals surface area contributed by atoms with Gasteiger partial charge < -0.3 is 29.7 Å². The van der Waals surface area contributed by atoms with E-state index >= 15 is 0 Å². The molecule has 0 spiro atoms. The van der Waals surface area contributed by atoms with Crippen LogP contribution in [0.15, 0.2) is 0 Å². The molecular formula is C17H29NO8. The number of carbonyl (C=O) groups excluding carboxylic acids is 2. The Morgan fingerprint density at radius 1 is 1.31 bits per heavy atom. The fourth-order valence-electron chi connectivity index (χ4n) is 1.72. The van der Waals surface area contributed by atoms with Crippen molar-refractivity contribution in [2.24, 2.45) is 0 Å². The molecule has 150 valence electrons. The molecule has 9 nitrogen and oxygen atoms in total. The predicted octanol–water partition coefficient (Wildman–Crippen LogP) is 0.299. The van der Waals surface area contributed by atoms with Gasteiger partial charge in [-0.1, -0.05) is 0 Å². The van der Waals surface area contributed by atoms with E-state index in [1.807, 2.05) is 0 Å². The van der Waals surface area contributed by atoms with Crippen LogP contribution in [0.25, 0.3) is 0 Å². The number of methoxy groups -OCH3 is 1. The summed E-state index contributed by atoms with van der Waals surface area (Å²) in [5.41, 5.74) is 0. The number of ether oxygens (including phenoxy) is 3. The van der Waals surface area contributed by atoms with E-state index in [-0.39, 0.29) is 24.5 Å². The van der Waals surface area contributed by atoms with Gasteiger partial charge in [-0.25, -0.2) is 0 Å². The third kappa shape index (κ3) is 18.2. The average molecular weight is 375 g/mol. The number of rotatable bonds is 5. The lowest BCUT2D eigenvalue weighted by Crippen LogP contribution is -2.51. The van der Waals surface area contributed by atoms with Crippen LogP contribution in [0.1, 0.15) is 40.0 Å². The van der Waals surface area contributed by atoms with Crippen LogP contribution in [-0.2, 0) is 28.6 Å². The van der Waals surface area contributed by atoms with E-state index in [4.69, 9.17) is 25.8 Å². The number of carboxylic acid groups (broad SMARTS) is 1. The second-order valence-corrected chi connectivity index (χ2v) is 5.29. The van der Waals surface area contributed by atoms with Gasteiger partial charge in [-0.15, -0.1) is 12.3 Å². The van der Waals surface area contributed by atoms with Crippen LogP contribution in [0.5, 0.6) is 0 Å². The van der Waals surface area contributed by atoms with Gasteiger partial charge >= 0.3 is 5.97 Å². The third-order valence-corrected chi connectivity index (χ3v) is 2.73. The molecule has 26 heavy (non-hydrogen) atoms. The lowest BCUT2D eigenvalue weighted by atomic mass is 10.1. The van der Waals surface area contributed by atoms with Crippen molar-refractivity contribution in [1.29, 1.82) is 0 Å². The maximum atomic E-state index is 11.0. The van der Waals surface area contributed by atoms with Gasteiger partial charge in [-0.05, 0) is 6.42 Å². The maximum Gasteiger partial charge on any atom is 0.302 e. The number of unbranched alkanes of at least 4 members (excludes halogenated alkanes) is 1. The van der Waals surface area contributed by atoms with Crippen LogP contribution in [0.4, 0.5) is 0 Å². The van der Waals surface area contributed by atoms with Gasteiger partial charge in [-0.2, -0.15) is 0 Å². The number of amides is 1. The normalized spacial score (nSPS) is 20.8. The summed E-state index contributed by atoms with van der Waals surface area (Å²) >= 11 is 0. The lowest BCUT2D eigenvalue weighted by Gasteiger charge is -2.34. The van der Waals surface area contributed by atoms with Gasteiger partial charge in [0.05, 0.1) is 32.5 Å². The number of hydrogen-bond acceptors (Lipinski definition) is 7. The molecule has 1 aliphatic heterocycles. The van der Waals surface area contributed by atoms with E-state index in [2.05, 4.69) is 16.0 Å². The zero-order chi connectivity index (χ0) is 20.5. The highest BCUT2D eigenvalue weighted by Gasteiger charge is 2.31. The van der Waals surface area contributed by atoms with Crippen LogP contribution >= 0.6 is 0 Å². The minimum absolute atomic E-state index is 0.162.